The number of phenolic OH excluding ortho intramolecular Hbond substituents is 1. The van der Waals surface area contributed by atoms with Crippen molar-refractivity contribution < 1.29 is 5.11 Å². The Balaban J connectivity index is 2.18. The average molecular weight is 418 g/mol. The highest BCUT2D eigenvalue weighted by Crippen LogP contribution is 2.28. The van der Waals surface area contributed by atoms with Gasteiger partial charge in [-0.3, -0.25) is 0 Å². The van der Waals surface area contributed by atoms with Crippen molar-refractivity contribution in [1.29, 1.82) is 0 Å². The lowest BCUT2D eigenvalue weighted by Crippen LogP contribution is -2.06. The minimum atomic E-state index is 0.133. The molecule has 0 spiro atoms. The second-order valence-electron chi connectivity index (χ2n) is 4.09. The second kappa shape index (κ2) is 5.93. The maximum atomic E-state index is 9.48. The van der Waals surface area contributed by atoms with Crippen LogP contribution in [0.25, 0.3) is 0 Å². The summed E-state index contributed by atoms with van der Waals surface area (Å²) in [5, 5.41) is 12.9. The van der Waals surface area contributed by atoms with Crippen molar-refractivity contribution in [2.24, 2.45) is 0 Å². The van der Waals surface area contributed by atoms with Gasteiger partial charge in [0, 0.05) is 19.8 Å². The second-order valence-corrected chi connectivity index (χ2v) is 6.19. The molecule has 0 aliphatic carbocycles. The van der Waals surface area contributed by atoms with Gasteiger partial charge >= 0.3 is 0 Å². The molecule has 94 valence electrons. The highest BCUT2D eigenvalue weighted by molar-refractivity contribution is 14.1. The molecule has 2 aromatic carbocycles. The Kier molecular flexibility index (Phi) is 4.50. The standard InChI is InChI=1S/C14H13BrINO/c1-9(10-3-2-4-12(18)7-10)17-14-6-5-11(16)8-13(14)15/h2-9,17-18H,1H3. The largest absolute Gasteiger partial charge is 0.508 e. The monoisotopic (exact) mass is 417 g/mol. The van der Waals surface area contributed by atoms with Gasteiger partial charge in [-0.05, 0) is 81.3 Å². The predicted octanol–water partition coefficient (Wildman–Crippen LogP) is 4.93. The van der Waals surface area contributed by atoms with Gasteiger partial charge in [0.1, 0.15) is 5.75 Å². The SMILES string of the molecule is CC(Nc1ccc(I)cc1Br)c1cccc(O)c1. The van der Waals surface area contributed by atoms with E-state index in [1.54, 1.807) is 12.1 Å². The molecule has 18 heavy (non-hydrogen) atoms. The van der Waals surface area contributed by atoms with E-state index >= 15 is 0 Å². The van der Waals surface area contributed by atoms with E-state index in [2.05, 4.69) is 62.9 Å². The van der Waals surface area contributed by atoms with Crippen LogP contribution >= 0.6 is 38.5 Å². The molecule has 2 N–H and O–H groups in total. The maximum absolute atomic E-state index is 9.48. The number of benzene rings is 2. The zero-order chi connectivity index (χ0) is 13.1. The summed E-state index contributed by atoms with van der Waals surface area (Å²) < 4.78 is 2.23. The highest BCUT2D eigenvalue weighted by Gasteiger charge is 2.08. The molecule has 1 atom stereocenters. The van der Waals surface area contributed by atoms with Crippen LogP contribution in [0, 0.1) is 3.57 Å². The fourth-order valence-corrected chi connectivity index (χ4v) is 3.13. The molecule has 2 rings (SSSR count). The van der Waals surface area contributed by atoms with E-state index in [4.69, 9.17) is 0 Å². The Morgan fingerprint density at radius 3 is 2.67 bits per heavy atom. The summed E-state index contributed by atoms with van der Waals surface area (Å²) in [5.41, 5.74) is 2.10. The summed E-state index contributed by atoms with van der Waals surface area (Å²) in [6, 6.07) is 13.6. The number of rotatable bonds is 3. The average Bonchev–Trinajstić information content (AvgIpc) is 2.32. The number of aromatic hydroxyl groups is 1. The summed E-state index contributed by atoms with van der Waals surface area (Å²) in [6.45, 7) is 2.07. The Morgan fingerprint density at radius 1 is 1.22 bits per heavy atom. The van der Waals surface area contributed by atoms with Gasteiger partial charge in [-0.15, -0.1) is 0 Å². The fraction of sp³-hybridized carbons (Fsp3) is 0.143. The van der Waals surface area contributed by atoms with Crippen LogP contribution < -0.4 is 5.32 Å². The van der Waals surface area contributed by atoms with Gasteiger partial charge in [0.2, 0.25) is 0 Å². The van der Waals surface area contributed by atoms with E-state index < -0.39 is 0 Å². The molecule has 0 fully saturated rings. The van der Waals surface area contributed by atoms with Crippen LogP contribution in [0.5, 0.6) is 5.75 Å². The van der Waals surface area contributed by atoms with Gasteiger partial charge in [0.05, 0.1) is 0 Å². The first kappa shape index (κ1) is 13.7. The lowest BCUT2D eigenvalue weighted by Gasteiger charge is -2.17. The van der Waals surface area contributed by atoms with E-state index in [-0.39, 0.29) is 6.04 Å². The molecule has 0 heterocycles. The van der Waals surface area contributed by atoms with Crippen molar-refractivity contribution >= 4 is 44.2 Å². The third-order valence-electron chi connectivity index (χ3n) is 2.67. The van der Waals surface area contributed by atoms with E-state index in [9.17, 15) is 5.11 Å². The molecule has 0 aromatic heterocycles. The van der Waals surface area contributed by atoms with Crippen LogP contribution in [0.1, 0.15) is 18.5 Å². The lowest BCUT2D eigenvalue weighted by molar-refractivity contribution is 0.474. The first-order valence-electron chi connectivity index (χ1n) is 5.57. The molecular formula is C14H13BrINO. The third-order valence-corrected chi connectivity index (χ3v) is 4.00. The van der Waals surface area contributed by atoms with Crippen LogP contribution in [0.15, 0.2) is 46.9 Å². The molecule has 0 amide bonds. The van der Waals surface area contributed by atoms with Gasteiger partial charge in [-0.2, -0.15) is 0 Å². The minimum absolute atomic E-state index is 0.133. The van der Waals surface area contributed by atoms with E-state index in [1.165, 1.54) is 3.57 Å². The number of hydrogen-bond acceptors (Lipinski definition) is 2. The predicted molar refractivity (Wildman–Crippen MR) is 87.0 cm³/mol. The third kappa shape index (κ3) is 3.38. The lowest BCUT2D eigenvalue weighted by atomic mass is 10.1. The van der Waals surface area contributed by atoms with Crippen molar-refractivity contribution in [2.45, 2.75) is 13.0 Å². The van der Waals surface area contributed by atoms with E-state index in [0.717, 1.165) is 15.7 Å². The summed E-state index contributed by atoms with van der Waals surface area (Å²) in [5.74, 6) is 0.294. The molecule has 0 radical (unpaired) electrons. The Morgan fingerprint density at radius 2 is 2.00 bits per heavy atom. The number of anilines is 1. The number of halogens is 2. The van der Waals surface area contributed by atoms with Gasteiger partial charge in [-0.1, -0.05) is 12.1 Å². The molecule has 0 aliphatic heterocycles. The summed E-state index contributed by atoms with van der Waals surface area (Å²) >= 11 is 5.83. The normalized spacial score (nSPS) is 12.2. The van der Waals surface area contributed by atoms with E-state index in [1.807, 2.05) is 18.2 Å². The summed E-state index contributed by atoms with van der Waals surface area (Å²) in [7, 11) is 0. The topological polar surface area (TPSA) is 32.3 Å². The zero-order valence-corrected chi connectivity index (χ0v) is 13.6. The van der Waals surface area contributed by atoms with Crippen molar-refractivity contribution in [2.75, 3.05) is 5.32 Å². The molecule has 0 saturated carbocycles. The van der Waals surface area contributed by atoms with Gasteiger partial charge in [0.25, 0.3) is 0 Å². The molecule has 2 aromatic rings. The molecule has 1 unspecified atom stereocenters. The van der Waals surface area contributed by atoms with Gasteiger partial charge in [0.15, 0.2) is 0 Å². The minimum Gasteiger partial charge on any atom is -0.508 e. The number of phenols is 1. The van der Waals surface area contributed by atoms with Crippen molar-refractivity contribution in [3.8, 4) is 5.75 Å². The van der Waals surface area contributed by atoms with Crippen molar-refractivity contribution in [1.82, 2.24) is 0 Å². The molecule has 4 heteroatoms. The van der Waals surface area contributed by atoms with Crippen LogP contribution in [0.4, 0.5) is 5.69 Å². The number of nitrogens with one attached hydrogen (secondary N) is 1. The zero-order valence-electron chi connectivity index (χ0n) is 9.82. The van der Waals surface area contributed by atoms with Gasteiger partial charge in [-0.25, -0.2) is 0 Å². The Labute approximate surface area is 129 Å². The smallest absolute Gasteiger partial charge is 0.115 e. The number of hydrogen-bond donors (Lipinski definition) is 2. The first-order valence-corrected chi connectivity index (χ1v) is 7.44. The molecule has 2 nitrogen and oxygen atoms in total. The van der Waals surface area contributed by atoms with E-state index in [0.29, 0.717) is 5.75 Å². The molecule has 0 aliphatic rings. The van der Waals surface area contributed by atoms with Crippen molar-refractivity contribution in [3.05, 3.63) is 56.1 Å². The van der Waals surface area contributed by atoms with Crippen molar-refractivity contribution in [3.63, 3.8) is 0 Å². The quantitative estimate of drug-likeness (QED) is 0.693. The molecular weight excluding hydrogens is 405 g/mol. The molecule has 0 bridgehead atoms. The fourth-order valence-electron chi connectivity index (χ4n) is 1.72. The summed E-state index contributed by atoms with van der Waals surface area (Å²) in [4.78, 5) is 0. The Hall–Kier alpha value is -0.750. The Bertz CT molecular complexity index is 559. The van der Waals surface area contributed by atoms with Gasteiger partial charge < -0.3 is 10.4 Å². The van der Waals surface area contributed by atoms with Crippen LogP contribution in [-0.4, -0.2) is 5.11 Å². The first-order chi connectivity index (χ1) is 8.56. The van der Waals surface area contributed by atoms with Crippen LogP contribution in [0.2, 0.25) is 0 Å². The maximum Gasteiger partial charge on any atom is 0.115 e. The van der Waals surface area contributed by atoms with Crippen LogP contribution in [0.3, 0.4) is 0 Å². The summed E-state index contributed by atoms with van der Waals surface area (Å²) in [6.07, 6.45) is 0. The van der Waals surface area contributed by atoms with Crippen LogP contribution in [-0.2, 0) is 0 Å². The highest BCUT2D eigenvalue weighted by atomic mass is 127. The molecule has 0 saturated heterocycles.